The highest BCUT2D eigenvalue weighted by Gasteiger charge is 2.16. The normalized spacial score (nSPS) is 20.8. The molecule has 1 aromatic rings. The molecule has 0 saturated carbocycles. The highest BCUT2D eigenvalue weighted by atomic mass is 15.2. The molecule has 1 aliphatic heterocycles. The number of rotatable bonds is 8. The standard InChI is InChI=1S/C15H28N4/c1-15-6-2-3-11-19(15)12-5-8-16-7-4-10-18-13-9-17-14-18/h9,13-16H,2-8,10-12H2,1H3. The number of hydrogen-bond donors (Lipinski definition) is 1. The van der Waals surface area contributed by atoms with Crippen LogP contribution in [0.15, 0.2) is 18.7 Å². The average Bonchev–Trinajstić information content (AvgIpc) is 2.93. The zero-order valence-electron chi connectivity index (χ0n) is 12.2. The molecular formula is C15H28N4. The van der Waals surface area contributed by atoms with Gasteiger partial charge in [0.05, 0.1) is 6.33 Å². The summed E-state index contributed by atoms with van der Waals surface area (Å²) in [6.07, 6.45) is 12.4. The topological polar surface area (TPSA) is 33.1 Å². The molecule has 2 heterocycles. The fraction of sp³-hybridized carbons (Fsp3) is 0.800. The lowest BCUT2D eigenvalue weighted by Gasteiger charge is -2.33. The van der Waals surface area contributed by atoms with E-state index in [9.17, 15) is 0 Å². The molecule has 0 bridgehead atoms. The highest BCUT2D eigenvalue weighted by molar-refractivity contribution is 4.74. The van der Waals surface area contributed by atoms with Crippen molar-refractivity contribution in [2.24, 2.45) is 0 Å². The van der Waals surface area contributed by atoms with Crippen LogP contribution in [-0.4, -0.2) is 46.7 Å². The van der Waals surface area contributed by atoms with E-state index in [4.69, 9.17) is 0 Å². The molecule has 1 atom stereocenters. The average molecular weight is 264 g/mol. The monoisotopic (exact) mass is 264 g/mol. The van der Waals surface area contributed by atoms with Crippen molar-refractivity contribution in [1.29, 1.82) is 0 Å². The van der Waals surface area contributed by atoms with E-state index in [0.29, 0.717) is 0 Å². The van der Waals surface area contributed by atoms with Gasteiger partial charge >= 0.3 is 0 Å². The number of hydrogen-bond acceptors (Lipinski definition) is 3. The van der Waals surface area contributed by atoms with Crippen molar-refractivity contribution in [3.63, 3.8) is 0 Å². The third-order valence-corrected chi connectivity index (χ3v) is 4.07. The van der Waals surface area contributed by atoms with E-state index in [1.54, 1.807) is 0 Å². The maximum Gasteiger partial charge on any atom is 0.0945 e. The van der Waals surface area contributed by atoms with Crippen molar-refractivity contribution >= 4 is 0 Å². The first-order chi connectivity index (χ1) is 9.36. The molecule has 1 N–H and O–H groups in total. The van der Waals surface area contributed by atoms with E-state index in [-0.39, 0.29) is 0 Å². The Bertz CT molecular complexity index is 323. The Labute approximate surface area is 117 Å². The molecule has 4 nitrogen and oxygen atoms in total. The molecule has 1 fully saturated rings. The van der Waals surface area contributed by atoms with Gasteiger partial charge in [-0.15, -0.1) is 0 Å². The Balaban J connectivity index is 1.43. The minimum atomic E-state index is 0.801. The fourth-order valence-electron chi connectivity index (χ4n) is 2.83. The minimum Gasteiger partial charge on any atom is -0.337 e. The summed E-state index contributed by atoms with van der Waals surface area (Å²) < 4.78 is 2.14. The maximum absolute atomic E-state index is 4.05. The second-order valence-electron chi connectivity index (χ2n) is 5.64. The molecule has 1 unspecified atom stereocenters. The Kier molecular flexibility index (Phi) is 6.37. The zero-order valence-corrected chi connectivity index (χ0v) is 12.2. The third kappa shape index (κ3) is 5.33. The first-order valence-corrected chi connectivity index (χ1v) is 7.77. The minimum absolute atomic E-state index is 0.801. The summed E-state index contributed by atoms with van der Waals surface area (Å²) in [6.45, 7) is 8.26. The van der Waals surface area contributed by atoms with Crippen LogP contribution in [0.1, 0.15) is 39.0 Å². The Hall–Kier alpha value is -0.870. The van der Waals surface area contributed by atoms with E-state index in [2.05, 4.69) is 26.7 Å². The lowest BCUT2D eigenvalue weighted by molar-refractivity contribution is 0.159. The summed E-state index contributed by atoms with van der Waals surface area (Å²) in [5, 5.41) is 3.54. The number of aryl methyl sites for hydroxylation is 1. The predicted octanol–water partition coefficient (Wildman–Crippen LogP) is 2.13. The van der Waals surface area contributed by atoms with Gasteiger partial charge in [0.1, 0.15) is 0 Å². The van der Waals surface area contributed by atoms with Crippen LogP contribution in [0.5, 0.6) is 0 Å². The van der Waals surface area contributed by atoms with Crippen LogP contribution in [0, 0.1) is 0 Å². The molecule has 0 amide bonds. The molecule has 2 rings (SSSR count). The van der Waals surface area contributed by atoms with Crippen LogP contribution in [0.4, 0.5) is 0 Å². The zero-order chi connectivity index (χ0) is 13.3. The van der Waals surface area contributed by atoms with Crippen molar-refractivity contribution in [1.82, 2.24) is 19.8 Å². The summed E-state index contributed by atoms with van der Waals surface area (Å²) in [5.41, 5.74) is 0. The first-order valence-electron chi connectivity index (χ1n) is 7.77. The van der Waals surface area contributed by atoms with Gasteiger partial charge in [-0.1, -0.05) is 6.42 Å². The molecule has 4 heteroatoms. The van der Waals surface area contributed by atoms with Gasteiger partial charge in [0.15, 0.2) is 0 Å². The number of aromatic nitrogens is 2. The predicted molar refractivity (Wildman–Crippen MR) is 79.2 cm³/mol. The number of nitrogens with zero attached hydrogens (tertiary/aromatic N) is 3. The molecule has 1 aromatic heterocycles. The molecule has 1 saturated heterocycles. The van der Waals surface area contributed by atoms with Gasteiger partial charge in [0.2, 0.25) is 0 Å². The van der Waals surface area contributed by atoms with Crippen molar-refractivity contribution in [2.45, 2.75) is 51.6 Å². The van der Waals surface area contributed by atoms with Crippen LogP contribution < -0.4 is 5.32 Å². The molecule has 19 heavy (non-hydrogen) atoms. The molecular weight excluding hydrogens is 236 g/mol. The molecule has 0 aromatic carbocycles. The van der Waals surface area contributed by atoms with Gasteiger partial charge < -0.3 is 14.8 Å². The van der Waals surface area contributed by atoms with E-state index < -0.39 is 0 Å². The first kappa shape index (κ1) is 14.5. The summed E-state index contributed by atoms with van der Waals surface area (Å²) >= 11 is 0. The molecule has 108 valence electrons. The van der Waals surface area contributed by atoms with Gasteiger partial charge in [-0.2, -0.15) is 0 Å². The number of nitrogens with one attached hydrogen (secondary N) is 1. The van der Waals surface area contributed by atoms with Crippen molar-refractivity contribution < 1.29 is 0 Å². The van der Waals surface area contributed by atoms with Gasteiger partial charge in [-0.05, 0) is 58.8 Å². The van der Waals surface area contributed by atoms with E-state index in [1.165, 1.54) is 45.2 Å². The fourth-order valence-corrected chi connectivity index (χ4v) is 2.83. The lowest BCUT2D eigenvalue weighted by atomic mass is 10.0. The summed E-state index contributed by atoms with van der Waals surface area (Å²) in [7, 11) is 0. The van der Waals surface area contributed by atoms with Crippen molar-refractivity contribution in [3.05, 3.63) is 18.7 Å². The third-order valence-electron chi connectivity index (χ3n) is 4.07. The second kappa shape index (κ2) is 8.33. The quantitative estimate of drug-likeness (QED) is 0.730. The van der Waals surface area contributed by atoms with Crippen LogP contribution in [-0.2, 0) is 6.54 Å². The van der Waals surface area contributed by atoms with Gasteiger partial charge in [-0.3, -0.25) is 0 Å². The van der Waals surface area contributed by atoms with Crippen LogP contribution in [0.3, 0.4) is 0 Å². The van der Waals surface area contributed by atoms with Gasteiger partial charge in [-0.25, -0.2) is 4.98 Å². The number of likely N-dealkylation sites (tertiary alicyclic amines) is 1. The van der Waals surface area contributed by atoms with E-state index in [1.807, 2.05) is 18.7 Å². The summed E-state index contributed by atoms with van der Waals surface area (Å²) in [4.78, 5) is 6.70. The molecule has 0 radical (unpaired) electrons. The van der Waals surface area contributed by atoms with Crippen LogP contribution in [0.25, 0.3) is 0 Å². The SMILES string of the molecule is CC1CCCCN1CCCNCCCn1ccnc1. The summed E-state index contributed by atoms with van der Waals surface area (Å²) in [6, 6.07) is 0.801. The smallest absolute Gasteiger partial charge is 0.0945 e. The van der Waals surface area contributed by atoms with Crippen LogP contribution >= 0.6 is 0 Å². The van der Waals surface area contributed by atoms with E-state index in [0.717, 1.165) is 25.7 Å². The van der Waals surface area contributed by atoms with Crippen molar-refractivity contribution in [2.75, 3.05) is 26.2 Å². The second-order valence-corrected chi connectivity index (χ2v) is 5.64. The lowest BCUT2D eigenvalue weighted by Crippen LogP contribution is -2.38. The van der Waals surface area contributed by atoms with Crippen molar-refractivity contribution in [3.8, 4) is 0 Å². The number of imidazole rings is 1. The Morgan fingerprint density at radius 2 is 2.05 bits per heavy atom. The largest absolute Gasteiger partial charge is 0.337 e. The maximum atomic E-state index is 4.05. The van der Waals surface area contributed by atoms with Gasteiger partial charge in [0.25, 0.3) is 0 Å². The highest BCUT2D eigenvalue weighted by Crippen LogP contribution is 2.15. The Morgan fingerprint density at radius 3 is 2.79 bits per heavy atom. The van der Waals surface area contributed by atoms with Crippen LogP contribution in [0.2, 0.25) is 0 Å². The molecule has 0 aliphatic carbocycles. The summed E-state index contributed by atoms with van der Waals surface area (Å²) in [5.74, 6) is 0. The molecule has 1 aliphatic rings. The van der Waals surface area contributed by atoms with Gasteiger partial charge in [0, 0.05) is 25.0 Å². The number of piperidine rings is 1. The molecule has 0 spiro atoms. The van der Waals surface area contributed by atoms with E-state index >= 15 is 0 Å². The Morgan fingerprint density at radius 1 is 1.21 bits per heavy atom.